The fourth-order valence-corrected chi connectivity index (χ4v) is 4.82. The number of halogens is 1. The van der Waals surface area contributed by atoms with Crippen LogP contribution < -0.4 is 4.90 Å². The quantitative estimate of drug-likeness (QED) is 0.706. The molecule has 0 bridgehead atoms. The minimum atomic E-state index is -0.206. The lowest BCUT2D eigenvalue weighted by Crippen LogP contribution is -2.47. The summed E-state index contributed by atoms with van der Waals surface area (Å²) >= 11 is 0. The van der Waals surface area contributed by atoms with Crippen LogP contribution in [0, 0.1) is 12.7 Å². The molecule has 150 valence electrons. The van der Waals surface area contributed by atoms with Gasteiger partial charge in [-0.1, -0.05) is 11.6 Å². The van der Waals surface area contributed by atoms with E-state index in [-0.39, 0.29) is 17.8 Å². The van der Waals surface area contributed by atoms with Crippen molar-refractivity contribution in [1.29, 1.82) is 0 Å². The molecule has 3 heterocycles. The van der Waals surface area contributed by atoms with Crippen LogP contribution in [0.4, 0.5) is 10.1 Å². The third-order valence-corrected chi connectivity index (χ3v) is 6.50. The van der Waals surface area contributed by atoms with Crippen molar-refractivity contribution in [2.75, 3.05) is 18.0 Å². The number of benzene rings is 2. The van der Waals surface area contributed by atoms with Gasteiger partial charge in [0.05, 0.1) is 6.54 Å². The van der Waals surface area contributed by atoms with Crippen molar-refractivity contribution in [2.24, 2.45) is 0 Å². The van der Waals surface area contributed by atoms with E-state index in [9.17, 15) is 9.18 Å². The van der Waals surface area contributed by atoms with Crippen molar-refractivity contribution >= 4 is 22.5 Å². The van der Waals surface area contributed by atoms with Crippen LogP contribution in [0.5, 0.6) is 0 Å². The van der Waals surface area contributed by atoms with Crippen molar-refractivity contribution in [3.05, 3.63) is 64.6 Å². The second-order valence-electron chi connectivity index (χ2n) is 8.49. The highest BCUT2D eigenvalue weighted by Gasteiger charge is 2.29. The number of hydrogen-bond acceptors (Lipinski definition) is 2. The molecule has 1 aromatic heterocycles. The average Bonchev–Trinajstić information content (AvgIpc) is 3.07. The van der Waals surface area contributed by atoms with Crippen LogP contribution in [0.2, 0.25) is 0 Å². The SMILES string of the molecule is Cc1ccc2[nH]c3c(c2c1)CN(C(=O)CN1c2ccc(F)cc2CC[C@H]1C)CC3. The van der Waals surface area contributed by atoms with E-state index in [1.165, 1.54) is 28.3 Å². The number of carbonyl (C=O) groups excluding carboxylic acids is 1. The largest absolute Gasteiger partial charge is 0.359 e. The number of anilines is 1. The number of rotatable bonds is 2. The molecule has 0 fully saturated rings. The minimum Gasteiger partial charge on any atom is -0.359 e. The number of nitrogens with one attached hydrogen (secondary N) is 1. The van der Waals surface area contributed by atoms with Crippen molar-refractivity contribution in [1.82, 2.24) is 9.88 Å². The first kappa shape index (κ1) is 18.2. The fourth-order valence-electron chi connectivity index (χ4n) is 4.82. The van der Waals surface area contributed by atoms with Crippen molar-refractivity contribution in [2.45, 2.75) is 45.7 Å². The normalized spacial score (nSPS) is 18.7. The van der Waals surface area contributed by atoms with Crippen molar-refractivity contribution in [3.8, 4) is 0 Å². The van der Waals surface area contributed by atoms with E-state index < -0.39 is 0 Å². The highest BCUT2D eigenvalue weighted by molar-refractivity contribution is 5.87. The number of hydrogen-bond donors (Lipinski definition) is 1. The molecule has 1 N–H and O–H groups in total. The van der Waals surface area contributed by atoms with Crippen LogP contribution >= 0.6 is 0 Å². The summed E-state index contributed by atoms with van der Waals surface area (Å²) in [6, 6.07) is 11.6. The number of H-pyrrole nitrogens is 1. The van der Waals surface area contributed by atoms with Gasteiger partial charge in [-0.05, 0) is 62.6 Å². The van der Waals surface area contributed by atoms with Gasteiger partial charge in [0.25, 0.3) is 0 Å². The fraction of sp³-hybridized carbons (Fsp3) is 0.375. The second-order valence-corrected chi connectivity index (χ2v) is 8.49. The molecule has 2 aromatic carbocycles. The summed E-state index contributed by atoms with van der Waals surface area (Å²) in [7, 11) is 0. The molecular formula is C24H26FN3O. The summed E-state index contributed by atoms with van der Waals surface area (Å²) in [5.41, 5.74) is 6.88. The highest BCUT2D eigenvalue weighted by Crippen LogP contribution is 2.32. The lowest BCUT2D eigenvalue weighted by Gasteiger charge is -2.38. The predicted octanol–water partition coefficient (Wildman–Crippen LogP) is 4.34. The van der Waals surface area contributed by atoms with Crippen LogP contribution in [0.25, 0.3) is 10.9 Å². The number of aromatic amines is 1. The third-order valence-electron chi connectivity index (χ3n) is 6.50. The van der Waals surface area contributed by atoms with Gasteiger partial charge in [0.2, 0.25) is 5.91 Å². The first-order valence-corrected chi connectivity index (χ1v) is 10.4. The van der Waals surface area contributed by atoms with E-state index in [4.69, 9.17) is 0 Å². The van der Waals surface area contributed by atoms with Crippen LogP contribution in [-0.2, 0) is 24.2 Å². The van der Waals surface area contributed by atoms with E-state index in [0.29, 0.717) is 13.1 Å². The minimum absolute atomic E-state index is 0.140. The van der Waals surface area contributed by atoms with E-state index >= 15 is 0 Å². The summed E-state index contributed by atoms with van der Waals surface area (Å²) in [6.07, 6.45) is 2.66. The molecule has 0 saturated carbocycles. The Morgan fingerprint density at radius 1 is 1.21 bits per heavy atom. The maximum absolute atomic E-state index is 13.6. The number of carbonyl (C=O) groups is 1. The molecule has 1 amide bonds. The highest BCUT2D eigenvalue weighted by atomic mass is 19.1. The van der Waals surface area contributed by atoms with Crippen LogP contribution in [-0.4, -0.2) is 34.9 Å². The zero-order valence-electron chi connectivity index (χ0n) is 17.0. The van der Waals surface area contributed by atoms with Gasteiger partial charge in [-0.25, -0.2) is 4.39 Å². The van der Waals surface area contributed by atoms with E-state index in [1.807, 2.05) is 11.0 Å². The molecule has 1 atom stereocenters. The van der Waals surface area contributed by atoms with Crippen LogP contribution in [0.3, 0.4) is 0 Å². The van der Waals surface area contributed by atoms with Gasteiger partial charge >= 0.3 is 0 Å². The molecule has 0 unspecified atom stereocenters. The van der Waals surface area contributed by atoms with E-state index in [1.54, 1.807) is 6.07 Å². The summed E-state index contributed by atoms with van der Waals surface area (Å²) in [5.74, 6) is -0.0653. The first-order chi connectivity index (χ1) is 14.0. The maximum atomic E-state index is 13.6. The lowest BCUT2D eigenvalue weighted by atomic mass is 9.96. The van der Waals surface area contributed by atoms with Crippen LogP contribution in [0.1, 0.15) is 35.7 Å². The van der Waals surface area contributed by atoms with Gasteiger partial charge in [-0.3, -0.25) is 4.79 Å². The van der Waals surface area contributed by atoms with Gasteiger partial charge in [0.1, 0.15) is 5.82 Å². The van der Waals surface area contributed by atoms with Gasteiger partial charge in [-0.15, -0.1) is 0 Å². The molecule has 5 heteroatoms. The zero-order chi connectivity index (χ0) is 20.1. The second kappa shape index (κ2) is 6.90. The number of amides is 1. The average molecular weight is 391 g/mol. The molecular weight excluding hydrogens is 365 g/mol. The Labute approximate surface area is 170 Å². The standard InChI is InChI=1S/C24H26FN3O/c1-15-3-7-21-19(11-15)20-13-27(10-9-22(20)26-21)24(29)14-28-16(2)4-5-17-12-18(25)6-8-23(17)28/h3,6-8,11-12,16,26H,4-5,9-10,13-14H2,1-2H3/t16-/m1/s1. The summed E-state index contributed by atoms with van der Waals surface area (Å²) in [5, 5.41) is 1.23. The van der Waals surface area contributed by atoms with E-state index in [0.717, 1.165) is 42.6 Å². The summed E-state index contributed by atoms with van der Waals surface area (Å²) in [6.45, 7) is 5.97. The Morgan fingerprint density at radius 3 is 2.93 bits per heavy atom. The Bertz CT molecular complexity index is 1100. The summed E-state index contributed by atoms with van der Waals surface area (Å²) < 4.78 is 13.6. The molecule has 2 aliphatic heterocycles. The first-order valence-electron chi connectivity index (χ1n) is 10.4. The zero-order valence-corrected chi connectivity index (χ0v) is 17.0. The van der Waals surface area contributed by atoms with E-state index in [2.05, 4.69) is 41.9 Å². The Kier molecular flexibility index (Phi) is 4.34. The molecule has 0 spiro atoms. The monoisotopic (exact) mass is 391 g/mol. The molecule has 5 rings (SSSR count). The number of aryl methyl sites for hydroxylation is 2. The molecule has 4 nitrogen and oxygen atoms in total. The number of aromatic nitrogens is 1. The van der Waals surface area contributed by atoms with Gasteiger partial charge in [0, 0.05) is 53.4 Å². The van der Waals surface area contributed by atoms with Gasteiger partial charge in [-0.2, -0.15) is 0 Å². The Morgan fingerprint density at radius 2 is 2.07 bits per heavy atom. The van der Waals surface area contributed by atoms with Crippen LogP contribution in [0.15, 0.2) is 36.4 Å². The Hall–Kier alpha value is -2.82. The van der Waals surface area contributed by atoms with Crippen molar-refractivity contribution in [3.63, 3.8) is 0 Å². The number of fused-ring (bicyclic) bond motifs is 4. The molecule has 0 saturated heterocycles. The topological polar surface area (TPSA) is 39.3 Å². The third kappa shape index (κ3) is 3.18. The predicted molar refractivity (Wildman–Crippen MR) is 114 cm³/mol. The molecule has 0 aliphatic carbocycles. The molecule has 2 aliphatic rings. The molecule has 29 heavy (non-hydrogen) atoms. The van der Waals surface area contributed by atoms with Gasteiger partial charge in [0.15, 0.2) is 0 Å². The maximum Gasteiger partial charge on any atom is 0.242 e. The molecule has 3 aromatic rings. The molecule has 0 radical (unpaired) electrons. The summed E-state index contributed by atoms with van der Waals surface area (Å²) in [4.78, 5) is 20.9. The smallest absolute Gasteiger partial charge is 0.242 e. The Balaban J connectivity index is 1.39. The van der Waals surface area contributed by atoms with Gasteiger partial charge < -0.3 is 14.8 Å². The van der Waals surface area contributed by atoms with Crippen molar-refractivity contribution < 1.29 is 9.18 Å². The lowest BCUT2D eigenvalue weighted by molar-refractivity contribution is -0.130. The number of nitrogens with zero attached hydrogens (tertiary/aromatic N) is 2.